The SMILES string of the molecule is CCCCCCCCC=CCCCCCCCCNC(=O)NCCO. The second-order valence-electron chi connectivity index (χ2n) is 6.84. The maximum Gasteiger partial charge on any atom is 0.314 e. The Morgan fingerprint density at radius 3 is 1.76 bits per heavy atom. The molecule has 0 heterocycles. The van der Waals surface area contributed by atoms with E-state index < -0.39 is 0 Å². The number of carbonyl (C=O) groups is 1. The molecule has 0 aliphatic heterocycles. The summed E-state index contributed by atoms with van der Waals surface area (Å²) >= 11 is 0. The number of aliphatic hydroxyl groups is 1. The van der Waals surface area contributed by atoms with Gasteiger partial charge in [-0.1, -0.05) is 76.9 Å². The van der Waals surface area contributed by atoms with Crippen molar-refractivity contribution in [2.75, 3.05) is 19.7 Å². The molecule has 0 aliphatic rings. The van der Waals surface area contributed by atoms with Gasteiger partial charge in [-0.3, -0.25) is 0 Å². The van der Waals surface area contributed by atoms with E-state index in [-0.39, 0.29) is 12.6 Å². The van der Waals surface area contributed by atoms with E-state index in [1.165, 1.54) is 83.5 Å². The summed E-state index contributed by atoms with van der Waals surface area (Å²) in [6.07, 6.45) is 22.9. The van der Waals surface area contributed by atoms with Crippen molar-refractivity contribution in [3.8, 4) is 0 Å². The second kappa shape index (κ2) is 21.0. The zero-order valence-electron chi connectivity index (χ0n) is 16.5. The summed E-state index contributed by atoms with van der Waals surface area (Å²) in [6, 6.07) is -0.179. The van der Waals surface area contributed by atoms with Gasteiger partial charge in [-0.2, -0.15) is 0 Å². The standard InChI is InChI=1S/C21H42N2O2/c1-2-3-4-5-6-7-8-9-10-11-12-13-14-15-16-17-18-22-21(25)23-19-20-24/h9-10,24H,2-8,11-20H2,1H3,(H2,22,23,25). The third-order valence-corrected chi connectivity index (χ3v) is 4.37. The molecule has 0 aromatic rings. The fourth-order valence-electron chi connectivity index (χ4n) is 2.81. The lowest BCUT2D eigenvalue weighted by atomic mass is 10.1. The molecule has 25 heavy (non-hydrogen) atoms. The Bertz CT molecular complexity index is 306. The molecule has 2 amide bonds. The molecule has 0 aliphatic carbocycles. The van der Waals surface area contributed by atoms with Crippen LogP contribution in [0.25, 0.3) is 0 Å². The van der Waals surface area contributed by atoms with Crippen LogP contribution >= 0.6 is 0 Å². The van der Waals surface area contributed by atoms with Crippen LogP contribution in [0.1, 0.15) is 96.8 Å². The number of nitrogens with one attached hydrogen (secondary N) is 2. The number of unbranched alkanes of at least 4 members (excludes halogenated alkanes) is 12. The Morgan fingerprint density at radius 1 is 0.720 bits per heavy atom. The maximum absolute atomic E-state index is 11.2. The quantitative estimate of drug-likeness (QED) is 0.230. The van der Waals surface area contributed by atoms with Crippen LogP contribution in [0.3, 0.4) is 0 Å². The normalized spacial score (nSPS) is 11.1. The fraction of sp³-hybridized carbons (Fsp3) is 0.857. The highest BCUT2D eigenvalue weighted by Gasteiger charge is 1.97. The molecule has 0 unspecified atom stereocenters. The van der Waals surface area contributed by atoms with Crippen LogP contribution in [0, 0.1) is 0 Å². The van der Waals surface area contributed by atoms with Crippen molar-refractivity contribution in [1.82, 2.24) is 10.6 Å². The minimum absolute atomic E-state index is 0.0122. The number of rotatable bonds is 18. The molecule has 0 bridgehead atoms. The molecule has 4 nitrogen and oxygen atoms in total. The number of hydrogen-bond donors (Lipinski definition) is 3. The lowest BCUT2D eigenvalue weighted by Crippen LogP contribution is -2.37. The van der Waals surface area contributed by atoms with Crippen LogP contribution in [-0.2, 0) is 0 Å². The molecule has 148 valence electrons. The van der Waals surface area contributed by atoms with Crippen LogP contribution in [0.5, 0.6) is 0 Å². The van der Waals surface area contributed by atoms with Gasteiger partial charge in [-0.05, 0) is 32.1 Å². The number of allylic oxidation sites excluding steroid dienone is 2. The third-order valence-electron chi connectivity index (χ3n) is 4.37. The zero-order chi connectivity index (χ0) is 18.4. The molecule has 4 heteroatoms. The number of aliphatic hydroxyl groups excluding tert-OH is 1. The summed E-state index contributed by atoms with van der Waals surface area (Å²) in [5.41, 5.74) is 0. The van der Waals surface area contributed by atoms with Gasteiger partial charge in [0.25, 0.3) is 0 Å². The molecule has 0 saturated heterocycles. The average molecular weight is 355 g/mol. The van der Waals surface area contributed by atoms with Crippen molar-refractivity contribution in [1.29, 1.82) is 0 Å². The first kappa shape index (κ1) is 24.0. The van der Waals surface area contributed by atoms with Crippen molar-refractivity contribution < 1.29 is 9.90 Å². The molecule has 3 N–H and O–H groups in total. The van der Waals surface area contributed by atoms with Crippen molar-refractivity contribution in [3.05, 3.63) is 12.2 Å². The van der Waals surface area contributed by atoms with Gasteiger partial charge in [-0.25, -0.2) is 4.79 Å². The van der Waals surface area contributed by atoms with Gasteiger partial charge in [0, 0.05) is 13.1 Å². The first-order valence-corrected chi connectivity index (χ1v) is 10.6. The van der Waals surface area contributed by atoms with E-state index in [9.17, 15) is 4.79 Å². The van der Waals surface area contributed by atoms with Gasteiger partial charge in [0.15, 0.2) is 0 Å². The zero-order valence-corrected chi connectivity index (χ0v) is 16.5. The van der Waals surface area contributed by atoms with E-state index in [0.29, 0.717) is 6.54 Å². The molecular formula is C21H42N2O2. The molecule has 0 aromatic carbocycles. The lowest BCUT2D eigenvalue weighted by molar-refractivity contribution is 0.234. The van der Waals surface area contributed by atoms with Crippen LogP contribution in [0.4, 0.5) is 4.79 Å². The van der Waals surface area contributed by atoms with Crippen LogP contribution in [-0.4, -0.2) is 30.8 Å². The van der Waals surface area contributed by atoms with Crippen LogP contribution in [0.2, 0.25) is 0 Å². The largest absolute Gasteiger partial charge is 0.395 e. The summed E-state index contributed by atoms with van der Waals surface area (Å²) < 4.78 is 0. The van der Waals surface area contributed by atoms with E-state index >= 15 is 0 Å². The van der Waals surface area contributed by atoms with Crippen molar-refractivity contribution in [3.63, 3.8) is 0 Å². The van der Waals surface area contributed by atoms with Gasteiger partial charge >= 0.3 is 6.03 Å². The summed E-state index contributed by atoms with van der Waals surface area (Å²) in [6.45, 7) is 3.29. The molecule has 0 rings (SSSR count). The molecule has 0 fully saturated rings. The van der Waals surface area contributed by atoms with E-state index in [1.54, 1.807) is 0 Å². The van der Waals surface area contributed by atoms with E-state index in [0.717, 1.165) is 13.0 Å². The Morgan fingerprint density at radius 2 is 1.20 bits per heavy atom. The van der Waals surface area contributed by atoms with Crippen molar-refractivity contribution >= 4 is 6.03 Å². The summed E-state index contributed by atoms with van der Waals surface area (Å²) in [7, 11) is 0. The topological polar surface area (TPSA) is 61.4 Å². The first-order chi connectivity index (χ1) is 12.3. The minimum atomic E-state index is -0.179. The van der Waals surface area contributed by atoms with Crippen molar-refractivity contribution in [2.45, 2.75) is 96.8 Å². The van der Waals surface area contributed by atoms with Gasteiger partial charge in [0.2, 0.25) is 0 Å². The lowest BCUT2D eigenvalue weighted by Gasteiger charge is -2.06. The number of carbonyl (C=O) groups excluding carboxylic acids is 1. The van der Waals surface area contributed by atoms with E-state index in [1.807, 2.05) is 0 Å². The highest BCUT2D eigenvalue weighted by molar-refractivity contribution is 5.73. The number of amides is 2. The Labute approximate surface area is 155 Å². The van der Waals surface area contributed by atoms with Crippen molar-refractivity contribution in [2.24, 2.45) is 0 Å². The third kappa shape index (κ3) is 20.9. The van der Waals surface area contributed by atoms with E-state index in [2.05, 4.69) is 29.7 Å². The predicted octanol–water partition coefficient (Wildman–Crippen LogP) is 5.32. The fourth-order valence-corrected chi connectivity index (χ4v) is 2.81. The summed E-state index contributed by atoms with van der Waals surface area (Å²) in [5, 5.41) is 14.0. The molecule has 0 spiro atoms. The summed E-state index contributed by atoms with van der Waals surface area (Å²) in [4.78, 5) is 11.2. The van der Waals surface area contributed by atoms with Gasteiger partial charge < -0.3 is 15.7 Å². The highest BCUT2D eigenvalue weighted by Crippen LogP contribution is 2.09. The molecule has 0 aromatic heterocycles. The Kier molecular flexibility index (Phi) is 20.1. The second-order valence-corrected chi connectivity index (χ2v) is 6.84. The smallest absolute Gasteiger partial charge is 0.314 e. The maximum atomic E-state index is 11.2. The summed E-state index contributed by atoms with van der Waals surface area (Å²) in [5.74, 6) is 0. The highest BCUT2D eigenvalue weighted by atomic mass is 16.3. The van der Waals surface area contributed by atoms with Gasteiger partial charge in [0.1, 0.15) is 0 Å². The van der Waals surface area contributed by atoms with E-state index in [4.69, 9.17) is 5.11 Å². The Balaban J connectivity index is 3.13. The Hall–Kier alpha value is -1.03. The van der Waals surface area contributed by atoms with Crippen LogP contribution < -0.4 is 10.6 Å². The van der Waals surface area contributed by atoms with Crippen LogP contribution in [0.15, 0.2) is 12.2 Å². The van der Waals surface area contributed by atoms with Gasteiger partial charge in [-0.15, -0.1) is 0 Å². The monoisotopic (exact) mass is 354 g/mol. The number of hydrogen-bond acceptors (Lipinski definition) is 2. The number of urea groups is 1. The molecule has 0 radical (unpaired) electrons. The van der Waals surface area contributed by atoms with Gasteiger partial charge in [0.05, 0.1) is 6.61 Å². The molecule has 0 saturated carbocycles. The average Bonchev–Trinajstić information content (AvgIpc) is 2.62. The minimum Gasteiger partial charge on any atom is -0.395 e. The molecule has 0 atom stereocenters. The first-order valence-electron chi connectivity index (χ1n) is 10.6. The molecular weight excluding hydrogens is 312 g/mol. The predicted molar refractivity (Wildman–Crippen MR) is 108 cm³/mol.